The molecule has 3 saturated carbocycles. The van der Waals surface area contributed by atoms with Gasteiger partial charge in [-0.1, -0.05) is 27.2 Å². The molecule has 1 heteroatoms. The van der Waals surface area contributed by atoms with Crippen molar-refractivity contribution >= 4 is 5.78 Å². The third-order valence-electron chi connectivity index (χ3n) is 6.27. The average Bonchev–Trinajstić information content (AvgIpc) is 2.68. The van der Waals surface area contributed by atoms with E-state index in [0.717, 1.165) is 6.42 Å². The maximum atomic E-state index is 12.5. The summed E-state index contributed by atoms with van der Waals surface area (Å²) >= 11 is 0. The third-order valence-corrected chi connectivity index (χ3v) is 6.27. The summed E-state index contributed by atoms with van der Waals surface area (Å²) in [6, 6.07) is 0. The molecule has 0 N–H and O–H groups in total. The van der Waals surface area contributed by atoms with E-state index in [-0.39, 0.29) is 10.8 Å². The second-order valence-electron chi connectivity index (χ2n) is 6.83. The zero-order valence-electron chi connectivity index (χ0n) is 10.2. The lowest BCUT2D eigenvalue weighted by Gasteiger charge is -2.43. The minimum Gasteiger partial charge on any atom is -0.299 e. The van der Waals surface area contributed by atoms with E-state index >= 15 is 0 Å². The smallest absolute Gasteiger partial charge is 0.140 e. The molecular weight excluding hydrogens is 184 g/mol. The molecular formula is C14H22O. The van der Waals surface area contributed by atoms with Crippen LogP contribution in [-0.2, 0) is 4.79 Å². The first-order valence-corrected chi connectivity index (χ1v) is 6.50. The normalized spacial score (nSPS) is 51.9. The molecule has 84 valence electrons. The topological polar surface area (TPSA) is 17.1 Å². The highest BCUT2D eigenvalue weighted by Crippen LogP contribution is 2.77. The van der Waals surface area contributed by atoms with Crippen LogP contribution in [-0.4, -0.2) is 5.78 Å². The molecule has 0 aromatic rings. The molecule has 3 aliphatic carbocycles. The Morgan fingerprint density at radius 2 is 1.93 bits per heavy atom. The second-order valence-corrected chi connectivity index (χ2v) is 6.83. The summed E-state index contributed by atoms with van der Waals surface area (Å²) in [5.41, 5.74) is 0.762. The third kappa shape index (κ3) is 0.786. The monoisotopic (exact) mass is 206 g/mol. The molecule has 0 amide bonds. The molecule has 0 heterocycles. The second kappa shape index (κ2) is 2.49. The lowest BCUT2D eigenvalue weighted by atomic mass is 9.59. The number of hydrogen-bond donors (Lipinski definition) is 0. The van der Waals surface area contributed by atoms with Crippen LogP contribution in [0.15, 0.2) is 0 Å². The van der Waals surface area contributed by atoms with Crippen molar-refractivity contribution in [3.8, 4) is 0 Å². The lowest BCUT2D eigenvalue weighted by molar-refractivity contribution is -0.129. The van der Waals surface area contributed by atoms with Crippen molar-refractivity contribution in [1.29, 1.82) is 0 Å². The van der Waals surface area contributed by atoms with Crippen molar-refractivity contribution in [2.24, 2.45) is 22.2 Å². The van der Waals surface area contributed by atoms with Crippen LogP contribution >= 0.6 is 0 Å². The van der Waals surface area contributed by atoms with Crippen molar-refractivity contribution in [3.05, 3.63) is 0 Å². The van der Waals surface area contributed by atoms with E-state index in [0.29, 0.717) is 17.1 Å². The van der Waals surface area contributed by atoms with E-state index in [9.17, 15) is 4.79 Å². The Kier molecular flexibility index (Phi) is 1.64. The molecule has 0 saturated heterocycles. The first kappa shape index (κ1) is 9.86. The summed E-state index contributed by atoms with van der Waals surface area (Å²) in [7, 11) is 0. The molecule has 3 aliphatic rings. The molecule has 0 aliphatic heterocycles. The predicted octanol–water partition coefficient (Wildman–Crippen LogP) is 3.57. The van der Waals surface area contributed by atoms with Gasteiger partial charge in [-0.15, -0.1) is 0 Å². The zero-order valence-corrected chi connectivity index (χ0v) is 10.2. The minimum atomic E-state index is 0.108. The Bertz CT molecular complexity index is 330. The first-order valence-electron chi connectivity index (χ1n) is 6.50. The summed E-state index contributed by atoms with van der Waals surface area (Å²) in [6.45, 7) is 7.01. The van der Waals surface area contributed by atoms with Crippen LogP contribution in [0.5, 0.6) is 0 Å². The highest BCUT2D eigenvalue weighted by atomic mass is 16.1. The molecule has 3 atom stereocenters. The lowest BCUT2D eigenvalue weighted by Crippen LogP contribution is -2.41. The molecule has 0 aromatic carbocycles. The number of hydrogen-bond acceptors (Lipinski definition) is 1. The van der Waals surface area contributed by atoms with E-state index in [2.05, 4.69) is 20.8 Å². The Balaban J connectivity index is 2.21. The minimum absolute atomic E-state index is 0.108. The van der Waals surface area contributed by atoms with E-state index in [1.807, 2.05) is 0 Å². The summed E-state index contributed by atoms with van der Waals surface area (Å²) in [4.78, 5) is 12.5. The zero-order chi connectivity index (χ0) is 10.9. The van der Waals surface area contributed by atoms with Crippen LogP contribution in [0.1, 0.15) is 59.3 Å². The van der Waals surface area contributed by atoms with Gasteiger partial charge in [0.1, 0.15) is 5.78 Å². The highest BCUT2D eigenvalue weighted by Gasteiger charge is 2.73. The van der Waals surface area contributed by atoms with Gasteiger partial charge < -0.3 is 0 Å². The Morgan fingerprint density at radius 3 is 2.60 bits per heavy atom. The van der Waals surface area contributed by atoms with Crippen molar-refractivity contribution in [2.75, 3.05) is 0 Å². The van der Waals surface area contributed by atoms with Crippen molar-refractivity contribution < 1.29 is 4.79 Å². The number of Topliss-reactive ketones (excluding diaryl/α,β-unsaturated/α-hetero) is 1. The molecule has 0 aromatic heterocycles. The fraction of sp³-hybridized carbons (Fsp3) is 0.929. The number of carbonyl (C=O) groups is 1. The largest absolute Gasteiger partial charge is 0.299 e. The maximum Gasteiger partial charge on any atom is 0.140 e. The summed E-state index contributed by atoms with van der Waals surface area (Å²) in [5, 5.41) is 0. The highest BCUT2D eigenvalue weighted by molar-refractivity contribution is 5.90. The van der Waals surface area contributed by atoms with Crippen LogP contribution in [0.3, 0.4) is 0 Å². The SMILES string of the molecule is C[C@H]1CC[C@@]23CCC[C@@]12C(=O)CC3(C)C. The molecule has 1 nitrogen and oxygen atoms in total. The first-order chi connectivity index (χ1) is 6.96. The van der Waals surface area contributed by atoms with Crippen LogP contribution in [0, 0.1) is 22.2 Å². The van der Waals surface area contributed by atoms with Gasteiger partial charge >= 0.3 is 0 Å². The van der Waals surface area contributed by atoms with Crippen molar-refractivity contribution in [2.45, 2.75) is 59.3 Å². The van der Waals surface area contributed by atoms with E-state index in [4.69, 9.17) is 0 Å². The van der Waals surface area contributed by atoms with E-state index < -0.39 is 0 Å². The average molecular weight is 206 g/mol. The molecule has 3 rings (SSSR count). The Hall–Kier alpha value is -0.330. The van der Waals surface area contributed by atoms with E-state index in [1.54, 1.807) is 0 Å². The fourth-order valence-electron chi connectivity index (χ4n) is 5.60. The quantitative estimate of drug-likeness (QED) is 0.592. The number of ketones is 1. The van der Waals surface area contributed by atoms with Crippen LogP contribution in [0.2, 0.25) is 0 Å². The van der Waals surface area contributed by atoms with Crippen LogP contribution in [0.4, 0.5) is 0 Å². The van der Waals surface area contributed by atoms with E-state index in [1.165, 1.54) is 32.1 Å². The molecule has 15 heavy (non-hydrogen) atoms. The van der Waals surface area contributed by atoms with Gasteiger partial charge in [-0.2, -0.15) is 0 Å². The van der Waals surface area contributed by atoms with Crippen LogP contribution in [0.25, 0.3) is 0 Å². The van der Waals surface area contributed by atoms with Gasteiger partial charge in [0, 0.05) is 11.8 Å². The van der Waals surface area contributed by atoms with Gasteiger partial charge in [0.15, 0.2) is 0 Å². The van der Waals surface area contributed by atoms with Gasteiger partial charge in [0.2, 0.25) is 0 Å². The van der Waals surface area contributed by atoms with Gasteiger partial charge in [-0.3, -0.25) is 4.79 Å². The molecule has 3 fully saturated rings. The summed E-state index contributed by atoms with van der Waals surface area (Å²) in [5.74, 6) is 1.25. The Morgan fingerprint density at radius 1 is 1.20 bits per heavy atom. The molecule has 0 bridgehead atoms. The van der Waals surface area contributed by atoms with Gasteiger partial charge in [0.05, 0.1) is 0 Å². The predicted molar refractivity (Wildman–Crippen MR) is 60.5 cm³/mol. The molecule has 0 radical (unpaired) electrons. The Labute approximate surface area is 92.6 Å². The number of rotatable bonds is 0. The maximum absolute atomic E-state index is 12.5. The van der Waals surface area contributed by atoms with Crippen LogP contribution < -0.4 is 0 Å². The summed E-state index contributed by atoms with van der Waals surface area (Å²) in [6.07, 6.45) is 7.24. The standard InChI is InChI=1S/C14H22O/c1-10-5-8-13-6-4-7-14(10,13)11(15)9-12(13,2)3/h10H,4-9H2,1-3H3/t10-,13+,14-/m0/s1. The van der Waals surface area contributed by atoms with Crippen molar-refractivity contribution in [1.82, 2.24) is 0 Å². The fourth-order valence-corrected chi connectivity index (χ4v) is 5.60. The molecule has 0 spiro atoms. The molecule has 0 unspecified atom stereocenters. The van der Waals surface area contributed by atoms with Crippen molar-refractivity contribution in [3.63, 3.8) is 0 Å². The number of carbonyl (C=O) groups excluding carboxylic acids is 1. The summed E-state index contributed by atoms with van der Waals surface area (Å²) < 4.78 is 0. The van der Waals surface area contributed by atoms with Gasteiger partial charge in [-0.05, 0) is 42.4 Å². The van der Waals surface area contributed by atoms with Gasteiger partial charge in [0.25, 0.3) is 0 Å². The van der Waals surface area contributed by atoms with Gasteiger partial charge in [-0.25, -0.2) is 0 Å².